The van der Waals surface area contributed by atoms with Gasteiger partial charge in [-0.3, -0.25) is 4.90 Å². The van der Waals surface area contributed by atoms with Crippen molar-refractivity contribution in [2.45, 2.75) is 38.8 Å². The molecule has 3 rings (SSSR count). The molecule has 0 aromatic carbocycles. The van der Waals surface area contributed by atoms with E-state index >= 15 is 0 Å². The van der Waals surface area contributed by atoms with E-state index in [1.165, 1.54) is 30.9 Å². The van der Waals surface area contributed by atoms with Gasteiger partial charge in [0.2, 0.25) is 0 Å². The van der Waals surface area contributed by atoms with Crippen LogP contribution in [0, 0.1) is 5.92 Å². The third-order valence-electron chi connectivity index (χ3n) is 3.07. The van der Waals surface area contributed by atoms with Crippen molar-refractivity contribution in [1.82, 2.24) is 4.90 Å². The summed E-state index contributed by atoms with van der Waals surface area (Å²) in [5.74, 6) is 3.67. The molecule has 0 aromatic rings. The van der Waals surface area contributed by atoms with Crippen LogP contribution in [0.3, 0.4) is 0 Å². The van der Waals surface area contributed by atoms with E-state index in [2.05, 4.69) is 30.5 Å². The van der Waals surface area contributed by atoms with Crippen molar-refractivity contribution in [1.29, 1.82) is 0 Å². The SMILES string of the molecule is CC(C)CCN1C2CSCC1C2. The quantitative estimate of drug-likeness (QED) is 0.663. The second-order valence-electron chi connectivity index (χ2n) is 4.50. The summed E-state index contributed by atoms with van der Waals surface area (Å²) in [6.45, 7) is 6.00. The van der Waals surface area contributed by atoms with Gasteiger partial charge in [-0.15, -0.1) is 0 Å². The van der Waals surface area contributed by atoms with Gasteiger partial charge in [0.05, 0.1) is 0 Å². The zero-order valence-corrected chi connectivity index (χ0v) is 8.94. The molecule has 0 spiro atoms. The lowest BCUT2D eigenvalue weighted by atomic mass is 9.93. The van der Waals surface area contributed by atoms with E-state index in [9.17, 15) is 0 Å². The molecule has 2 atom stereocenters. The largest absolute Gasteiger partial charge is 0.296 e. The number of hydrogen-bond acceptors (Lipinski definition) is 2. The molecule has 2 bridgehead atoms. The van der Waals surface area contributed by atoms with Crippen LogP contribution >= 0.6 is 11.8 Å². The molecule has 0 saturated carbocycles. The first-order valence-corrected chi connectivity index (χ1v) is 6.26. The molecule has 12 heavy (non-hydrogen) atoms. The van der Waals surface area contributed by atoms with Crippen molar-refractivity contribution in [2.75, 3.05) is 18.1 Å². The molecule has 0 amide bonds. The Morgan fingerprint density at radius 3 is 2.50 bits per heavy atom. The van der Waals surface area contributed by atoms with Gasteiger partial charge in [-0.2, -0.15) is 11.8 Å². The summed E-state index contributed by atoms with van der Waals surface area (Å²) in [5.41, 5.74) is 0. The highest BCUT2D eigenvalue weighted by molar-refractivity contribution is 7.99. The average molecular weight is 185 g/mol. The van der Waals surface area contributed by atoms with Crippen LogP contribution in [0.15, 0.2) is 0 Å². The van der Waals surface area contributed by atoms with Crippen LogP contribution in [0.2, 0.25) is 0 Å². The van der Waals surface area contributed by atoms with Crippen molar-refractivity contribution < 1.29 is 0 Å². The highest BCUT2D eigenvalue weighted by Gasteiger charge is 2.40. The Morgan fingerprint density at radius 2 is 2.00 bits per heavy atom. The molecular weight excluding hydrogens is 166 g/mol. The maximum atomic E-state index is 2.73. The van der Waals surface area contributed by atoms with Gasteiger partial charge in [-0.05, 0) is 25.3 Å². The van der Waals surface area contributed by atoms with E-state index in [1.54, 1.807) is 0 Å². The van der Waals surface area contributed by atoms with Gasteiger partial charge in [0.1, 0.15) is 0 Å². The number of fused-ring (bicyclic) bond motifs is 2. The van der Waals surface area contributed by atoms with Gasteiger partial charge in [0.15, 0.2) is 0 Å². The maximum Gasteiger partial charge on any atom is 0.0204 e. The molecule has 0 radical (unpaired) electrons. The standard InChI is InChI=1S/C10H19NS/c1-8(2)3-4-11-9-5-10(11)7-12-6-9/h8-10H,3-7H2,1-2H3. The summed E-state index contributed by atoms with van der Waals surface area (Å²) < 4.78 is 0. The Kier molecular flexibility index (Phi) is 2.66. The van der Waals surface area contributed by atoms with Gasteiger partial charge in [-0.1, -0.05) is 13.8 Å². The Balaban J connectivity index is 1.75. The fourth-order valence-corrected chi connectivity index (χ4v) is 3.52. The molecule has 3 saturated heterocycles. The van der Waals surface area contributed by atoms with E-state index in [0.717, 1.165) is 18.0 Å². The fraction of sp³-hybridized carbons (Fsp3) is 1.00. The lowest BCUT2D eigenvalue weighted by molar-refractivity contribution is 0.0330. The second-order valence-corrected chi connectivity index (χ2v) is 5.58. The minimum atomic E-state index is 0.874. The van der Waals surface area contributed by atoms with Crippen molar-refractivity contribution in [3.8, 4) is 0 Å². The Hall–Kier alpha value is 0.310. The monoisotopic (exact) mass is 185 g/mol. The summed E-state index contributed by atoms with van der Waals surface area (Å²) in [5, 5.41) is 0. The third kappa shape index (κ3) is 1.64. The average Bonchev–Trinajstić information content (AvgIpc) is 2.05. The van der Waals surface area contributed by atoms with Crippen LogP contribution in [-0.4, -0.2) is 35.0 Å². The van der Waals surface area contributed by atoms with Gasteiger partial charge in [0, 0.05) is 23.6 Å². The summed E-state index contributed by atoms with van der Waals surface area (Å²) in [7, 11) is 0. The molecule has 2 unspecified atom stereocenters. The molecule has 1 nitrogen and oxygen atoms in total. The molecule has 2 heteroatoms. The van der Waals surface area contributed by atoms with E-state index in [4.69, 9.17) is 0 Å². The molecule has 3 heterocycles. The number of thioether (sulfide) groups is 1. The zero-order chi connectivity index (χ0) is 8.55. The summed E-state index contributed by atoms with van der Waals surface area (Å²) in [4.78, 5) is 2.73. The molecule has 0 N–H and O–H groups in total. The Bertz CT molecular complexity index is 144. The van der Waals surface area contributed by atoms with E-state index in [0.29, 0.717) is 0 Å². The third-order valence-corrected chi connectivity index (χ3v) is 4.31. The fourth-order valence-electron chi connectivity index (χ4n) is 2.19. The summed E-state index contributed by atoms with van der Waals surface area (Å²) >= 11 is 2.15. The van der Waals surface area contributed by atoms with Gasteiger partial charge in [0.25, 0.3) is 0 Å². The minimum absolute atomic E-state index is 0.874. The first-order chi connectivity index (χ1) is 5.77. The molecule has 3 aliphatic rings. The number of nitrogens with zero attached hydrogens (tertiary/aromatic N) is 1. The smallest absolute Gasteiger partial charge is 0.0204 e. The maximum absolute atomic E-state index is 2.73. The molecular formula is C10H19NS. The van der Waals surface area contributed by atoms with Crippen LogP contribution in [0.1, 0.15) is 26.7 Å². The Morgan fingerprint density at radius 1 is 1.33 bits per heavy atom. The van der Waals surface area contributed by atoms with E-state index in [-0.39, 0.29) is 0 Å². The van der Waals surface area contributed by atoms with Crippen molar-refractivity contribution in [2.24, 2.45) is 5.92 Å². The highest BCUT2D eigenvalue weighted by atomic mass is 32.2. The van der Waals surface area contributed by atoms with Crippen molar-refractivity contribution in [3.63, 3.8) is 0 Å². The van der Waals surface area contributed by atoms with Crippen LogP contribution in [0.25, 0.3) is 0 Å². The highest BCUT2D eigenvalue weighted by Crippen LogP contribution is 2.36. The number of hydrogen-bond donors (Lipinski definition) is 0. The second kappa shape index (κ2) is 3.59. The van der Waals surface area contributed by atoms with Crippen LogP contribution in [0.5, 0.6) is 0 Å². The minimum Gasteiger partial charge on any atom is -0.296 e. The lowest BCUT2D eigenvalue weighted by Crippen LogP contribution is -2.61. The Labute approximate surface area is 79.9 Å². The predicted molar refractivity (Wildman–Crippen MR) is 55.7 cm³/mol. The molecule has 0 aliphatic carbocycles. The van der Waals surface area contributed by atoms with Crippen molar-refractivity contribution >= 4 is 11.8 Å². The predicted octanol–water partition coefficient (Wildman–Crippen LogP) is 2.22. The molecule has 3 aliphatic heterocycles. The number of rotatable bonds is 3. The molecule has 3 fully saturated rings. The van der Waals surface area contributed by atoms with E-state index < -0.39 is 0 Å². The normalized spacial score (nSPS) is 35.2. The van der Waals surface area contributed by atoms with E-state index in [1.807, 2.05) is 0 Å². The summed E-state index contributed by atoms with van der Waals surface area (Å²) in [6.07, 6.45) is 2.88. The first-order valence-electron chi connectivity index (χ1n) is 5.11. The first kappa shape index (κ1) is 8.89. The van der Waals surface area contributed by atoms with Gasteiger partial charge >= 0.3 is 0 Å². The van der Waals surface area contributed by atoms with Crippen LogP contribution in [0.4, 0.5) is 0 Å². The topological polar surface area (TPSA) is 3.24 Å². The zero-order valence-electron chi connectivity index (χ0n) is 8.12. The summed E-state index contributed by atoms with van der Waals surface area (Å²) in [6, 6.07) is 1.90. The lowest BCUT2D eigenvalue weighted by Gasteiger charge is -2.52. The van der Waals surface area contributed by atoms with Crippen LogP contribution < -0.4 is 0 Å². The van der Waals surface area contributed by atoms with Crippen LogP contribution in [-0.2, 0) is 0 Å². The molecule has 0 aromatic heterocycles. The van der Waals surface area contributed by atoms with Gasteiger partial charge in [-0.25, -0.2) is 0 Å². The molecule has 70 valence electrons. The van der Waals surface area contributed by atoms with Crippen molar-refractivity contribution in [3.05, 3.63) is 0 Å². The van der Waals surface area contributed by atoms with Gasteiger partial charge < -0.3 is 0 Å².